The van der Waals surface area contributed by atoms with E-state index in [9.17, 15) is 4.79 Å². The minimum absolute atomic E-state index is 0. The van der Waals surface area contributed by atoms with Gasteiger partial charge in [-0.25, -0.2) is 14.6 Å². The minimum atomic E-state index is -1.30. The van der Waals surface area contributed by atoms with Crippen LogP contribution in [0.15, 0.2) is 90.7 Å². The molecule has 0 unspecified atom stereocenters. The molecule has 2 N–H and O–H groups in total. The number of halogens is 1. The zero-order valence-corrected chi connectivity index (χ0v) is 21.6. The number of nitrogens with zero attached hydrogens (tertiary/aromatic N) is 5. The van der Waals surface area contributed by atoms with Crippen molar-refractivity contribution in [3.63, 3.8) is 0 Å². The first-order chi connectivity index (χ1) is 17.7. The van der Waals surface area contributed by atoms with E-state index in [4.69, 9.17) is 10.1 Å². The normalized spacial score (nSPS) is 15.1. The molecule has 1 atom stereocenters. The first-order valence-corrected chi connectivity index (χ1v) is 12.8. The van der Waals surface area contributed by atoms with Crippen LogP contribution in [0.5, 0.6) is 0 Å². The molecule has 0 aliphatic carbocycles. The molecule has 37 heavy (non-hydrogen) atoms. The molecule has 2 aromatic carbocycles. The summed E-state index contributed by atoms with van der Waals surface area (Å²) >= 11 is 1.38. The summed E-state index contributed by atoms with van der Waals surface area (Å²) in [5.41, 5.74) is 1.00. The van der Waals surface area contributed by atoms with Crippen molar-refractivity contribution in [1.82, 2.24) is 25.1 Å². The fourth-order valence-corrected chi connectivity index (χ4v) is 5.29. The summed E-state index contributed by atoms with van der Waals surface area (Å²) in [5.74, 6) is 0.640. The molecule has 1 aliphatic rings. The van der Waals surface area contributed by atoms with Gasteiger partial charge in [0.1, 0.15) is 5.82 Å². The molecule has 1 amide bonds. The molecule has 8 nitrogen and oxygen atoms in total. The number of fused-ring (bicyclic) bond motifs is 1. The predicted octanol–water partition coefficient (Wildman–Crippen LogP) is 4.15. The van der Waals surface area contributed by atoms with Crippen molar-refractivity contribution >= 4 is 51.5 Å². The van der Waals surface area contributed by atoms with Gasteiger partial charge < -0.3 is 10.2 Å². The number of piperazine rings is 1. The lowest BCUT2D eigenvalue weighted by Gasteiger charge is -2.34. The minimum Gasteiger partial charge on any atom is -0.354 e. The maximum Gasteiger partial charge on any atom is 0.263 e. The molecule has 1 aliphatic heterocycles. The molecule has 10 heteroatoms. The Bertz CT molecular complexity index is 1430. The van der Waals surface area contributed by atoms with Crippen LogP contribution in [0, 0.1) is 0 Å². The molecule has 6 rings (SSSR count). The molecule has 188 valence electrons. The van der Waals surface area contributed by atoms with Crippen LogP contribution in [0.2, 0.25) is 0 Å². The highest BCUT2D eigenvalue weighted by Gasteiger charge is 2.46. The van der Waals surface area contributed by atoms with Crippen molar-refractivity contribution in [3.05, 3.63) is 102 Å². The number of hydrogen-bond acceptors (Lipinski definition) is 7. The largest absolute Gasteiger partial charge is 0.354 e. The number of amides is 1. The predicted molar refractivity (Wildman–Crippen MR) is 150 cm³/mol. The summed E-state index contributed by atoms with van der Waals surface area (Å²) < 4.78 is 1.76. The highest BCUT2D eigenvalue weighted by molar-refractivity contribution is 7.13. The lowest BCUT2D eigenvalue weighted by molar-refractivity contribution is -0.121. The SMILES string of the molecule is Cl.O=C(Nc1nccs1)[C@](c1ccccc1)(c1ccc(N2CCNCC2)nc1)n1cc2ccccc2n1. The Morgan fingerprint density at radius 3 is 2.43 bits per heavy atom. The van der Waals surface area contributed by atoms with Crippen LogP contribution in [0.3, 0.4) is 0 Å². The Balaban J connectivity index is 0.00000280. The highest BCUT2D eigenvalue weighted by atomic mass is 35.5. The van der Waals surface area contributed by atoms with Gasteiger partial charge in [0.2, 0.25) is 0 Å². The number of anilines is 2. The monoisotopic (exact) mass is 531 g/mol. The van der Waals surface area contributed by atoms with E-state index in [2.05, 4.69) is 20.5 Å². The molecule has 4 heterocycles. The van der Waals surface area contributed by atoms with Crippen LogP contribution in [0.1, 0.15) is 11.1 Å². The summed E-state index contributed by atoms with van der Waals surface area (Å²) in [7, 11) is 0. The third-order valence-corrected chi connectivity index (χ3v) is 7.23. The molecule has 0 saturated carbocycles. The van der Waals surface area contributed by atoms with Crippen LogP contribution in [-0.4, -0.2) is 51.8 Å². The molecular weight excluding hydrogens is 506 g/mol. The number of thiazole rings is 1. The first-order valence-electron chi connectivity index (χ1n) is 11.9. The molecule has 0 radical (unpaired) electrons. The van der Waals surface area contributed by atoms with Crippen LogP contribution < -0.4 is 15.5 Å². The van der Waals surface area contributed by atoms with E-state index in [1.54, 1.807) is 17.1 Å². The second kappa shape index (κ2) is 10.7. The van der Waals surface area contributed by atoms with E-state index in [1.165, 1.54) is 11.3 Å². The van der Waals surface area contributed by atoms with Gasteiger partial charge in [-0.2, -0.15) is 5.10 Å². The molecule has 5 aromatic rings. The maximum absolute atomic E-state index is 14.3. The Hall–Kier alpha value is -3.79. The molecule has 3 aromatic heterocycles. The Kier molecular flexibility index (Phi) is 7.18. The fourth-order valence-electron chi connectivity index (χ4n) is 4.77. The van der Waals surface area contributed by atoms with Crippen LogP contribution >= 0.6 is 23.7 Å². The molecular formula is C27H26ClN7OS. The van der Waals surface area contributed by atoms with Gasteiger partial charge in [-0.3, -0.25) is 10.1 Å². The quantitative estimate of drug-likeness (QED) is 0.342. The van der Waals surface area contributed by atoms with Crippen molar-refractivity contribution in [2.75, 3.05) is 36.4 Å². The Labute approximate surface area is 224 Å². The average molecular weight is 532 g/mol. The highest BCUT2D eigenvalue weighted by Crippen LogP contribution is 2.37. The summed E-state index contributed by atoms with van der Waals surface area (Å²) in [6.07, 6.45) is 5.41. The third-order valence-electron chi connectivity index (χ3n) is 6.54. The standard InChI is InChI=1S/C27H25N7OS.ClH/c35-25(31-26-29-14-17-36-26)27(21-7-2-1-3-8-21,34-19-20-6-4-5-9-23(20)32-34)22-10-11-24(30-18-22)33-15-12-28-13-16-33;/h1-11,14,17-19,28H,12-13,15-16H2,(H,29,31,35);1H/t27-;/m0./s1. The lowest BCUT2D eigenvalue weighted by atomic mass is 9.82. The summed E-state index contributed by atoms with van der Waals surface area (Å²) in [5, 5.41) is 14.6. The first kappa shape index (κ1) is 24.9. The van der Waals surface area contributed by atoms with Gasteiger partial charge in [-0.15, -0.1) is 23.7 Å². The Morgan fingerprint density at radius 2 is 1.73 bits per heavy atom. The molecule has 0 bridgehead atoms. The van der Waals surface area contributed by atoms with Gasteiger partial charge >= 0.3 is 0 Å². The van der Waals surface area contributed by atoms with Crippen molar-refractivity contribution < 1.29 is 4.79 Å². The number of hydrogen-bond donors (Lipinski definition) is 2. The van der Waals surface area contributed by atoms with Crippen molar-refractivity contribution in [3.8, 4) is 0 Å². The van der Waals surface area contributed by atoms with Gasteiger partial charge in [-0.05, 0) is 17.7 Å². The summed E-state index contributed by atoms with van der Waals surface area (Å²) in [6, 6.07) is 21.6. The van der Waals surface area contributed by atoms with E-state index in [-0.39, 0.29) is 18.3 Å². The van der Waals surface area contributed by atoms with Crippen LogP contribution in [0.25, 0.3) is 10.9 Å². The average Bonchev–Trinajstić information content (AvgIpc) is 3.61. The summed E-state index contributed by atoms with van der Waals surface area (Å²) in [4.78, 5) is 25.7. The van der Waals surface area contributed by atoms with E-state index in [1.807, 2.05) is 78.3 Å². The fraction of sp³-hybridized carbons (Fsp3) is 0.185. The van der Waals surface area contributed by atoms with Gasteiger partial charge in [0.15, 0.2) is 10.7 Å². The number of aromatic nitrogens is 4. The second-order valence-electron chi connectivity index (χ2n) is 8.64. The third kappa shape index (κ3) is 4.57. The summed E-state index contributed by atoms with van der Waals surface area (Å²) in [6.45, 7) is 3.64. The second-order valence-corrected chi connectivity index (χ2v) is 9.54. The van der Waals surface area contributed by atoms with E-state index in [0.717, 1.165) is 54.0 Å². The number of carbonyl (C=O) groups excluding carboxylic acids is 1. The maximum atomic E-state index is 14.3. The smallest absolute Gasteiger partial charge is 0.263 e. The molecule has 1 fully saturated rings. The van der Waals surface area contributed by atoms with E-state index >= 15 is 0 Å². The lowest BCUT2D eigenvalue weighted by Crippen LogP contribution is -2.48. The van der Waals surface area contributed by atoms with E-state index in [0.29, 0.717) is 5.13 Å². The van der Waals surface area contributed by atoms with E-state index < -0.39 is 5.54 Å². The topological polar surface area (TPSA) is 88.0 Å². The number of rotatable bonds is 6. The number of carbonyl (C=O) groups is 1. The number of benzene rings is 2. The van der Waals surface area contributed by atoms with Gasteiger partial charge in [-0.1, -0.05) is 54.6 Å². The molecule has 0 spiro atoms. The van der Waals surface area contributed by atoms with Crippen molar-refractivity contribution in [2.24, 2.45) is 0 Å². The molecule has 1 saturated heterocycles. The van der Waals surface area contributed by atoms with Crippen LogP contribution in [0.4, 0.5) is 10.9 Å². The van der Waals surface area contributed by atoms with Gasteiger partial charge in [0, 0.05) is 61.1 Å². The van der Waals surface area contributed by atoms with Crippen molar-refractivity contribution in [1.29, 1.82) is 0 Å². The zero-order valence-electron chi connectivity index (χ0n) is 19.9. The number of nitrogens with one attached hydrogen (secondary N) is 2. The Morgan fingerprint density at radius 1 is 0.946 bits per heavy atom. The zero-order chi connectivity index (χ0) is 24.4. The van der Waals surface area contributed by atoms with Crippen molar-refractivity contribution in [2.45, 2.75) is 5.54 Å². The van der Waals surface area contributed by atoms with Gasteiger partial charge in [0.25, 0.3) is 5.91 Å². The van der Waals surface area contributed by atoms with Gasteiger partial charge in [0.05, 0.1) is 5.52 Å². The van der Waals surface area contributed by atoms with Crippen LogP contribution in [-0.2, 0) is 10.3 Å². The number of pyridine rings is 1.